The minimum atomic E-state index is -0.112. The fourth-order valence-electron chi connectivity index (χ4n) is 3.22. The third-order valence-electron chi connectivity index (χ3n) is 4.48. The molecule has 0 bridgehead atoms. The Morgan fingerprint density at radius 1 is 0.917 bits per heavy atom. The molecule has 0 radical (unpaired) electrons. The summed E-state index contributed by atoms with van der Waals surface area (Å²) in [7, 11) is 1.47. The first kappa shape index (κ1) is 17.4. The van der Waals surface area contributed by atoms with Crippen molar-refractivity contribution < 1.29 is 9.53 Å². The lowest BCUT2D eigenvalue weighted by Crippen LogP contribution is -2.20. The predicted molar refractivity (Wildman–Crippen MR) is 104 cm³/mol. The number of allylic oxidation sites excluding steroid dienone is 2. The van der Waals surface area contributed by atoms with Gasteiger partial charge in [-0.2, -0.15) is 0 Å². The molecular weight excluding hydrogens is 432 g/mol. The zero-order valence-electron chi connectivity index (χ0n) is 13.4. The molecule has 2 nitrogen and oxygen atoms in total. The van der Waals surface area contributed by atoms with Crippen molar-refractivity contribution in [3.05, 3.63) is 68.6 Å². The first-order valence-corrected chi connectivity index (χ1v) is 9.49. The van der Waals surface area contributed by atoms with E-state index in [9.17, 15) is 4.79 Å². The van der Waals surface area contributed by atoms with E-state index in [0.29, 0.717) is 0 Å². The normalized spacial score (nSPS) is 17.7. The summed E-state index contributed by atoms with van der Waals surface area (Å²) in [4.78, 5) is 12.0. The van der Waals surface area contributed by atoms with Crippen LogP contribution < -0.4 is 0 Å². The number of carbonyl (C=O) groups is 1. The van der Waals surface area contributed by atoms with Crippen LogP contribution in [0.3, 0.4) is 0 Å². The first-order chi connectivity index (χ1) is 11.6. The van der Waals surface area contributed by atoms with E-state index in [4.69, 9.17) is 4.74 Å². The highest BCUT2D eigenvalue weighted by atomic mass is 79.9. The van der Waals surface area contributed by atoms with Crippen molar-refractivity contribution in [2.24, 2.45) is 5.92 Å². The number of ether oxygens (including phenoxy) is 1. The van der Waals surface area contributed by atoms with Crippen molar-refractivity contribution in [1.82, 2.24) is 0 Å². The monoisotopic (exact) mass is 448 g/mol. The zero-order valence-corrected chi connectivity index (χ0v) is 16.6. The van der Waals surface area contributed by atoms with Crippen molar-refractivity contribution in [2.45, 2.75) is 19.3 Å². The third-order valence-corrected chi connectivity index (χ3v) is 5.53. The van der Waals surface area contributed by atoms with Crippen LogP contribution in [0.15, 0.2) is 57.5 Å². The van der Waals surface area contributed by atoms with Gasteiger partial charge in [-0.15, -0.1) is 0 Å². The highest BCUT2D eigenvalue weighted by Crippen LogP contribution is 2.41. The first-order valence-electron chi connectivity index (χ1n) is 7.90. The fraction of sp³-hybridized carbons (Fsp3) is 0.250. The summed E-state index contributed by atoms with van der Waals surface area (Å²) in [6, 6.07) is 16.7. The van der Waals surface area contributed by atoms with E-state index < -0.39 is 0 Å². The topological polar surface area (TPSA) is 26.3 Å². The predicted octanol–water partition coefficient (Wildman–Crippen LogP) is 6.10. The van der Waals surface area contributed by atoms with Crippen molar-refractivity contribution in [3.63, 3.8) is 0 Å². The largest absolute Gasteiger partial charge is 0.469 e. The van der Waals surface area contributed by atoms with Crippen LogP contribution in [0, 0.1) is 5.92 Å². The summed E-state index contributed by atoms with van der Waals surface area (Å²) in [5.74, 6) is -0.174. The molecule has 2 aromatic rings. The Hall–Kier alpha value is -1.39. The molecule has 4 heteroatoms. The molecule has 0 spiro atoms. The lowest BCUT2D eigenvalue weighted by Gasteiger charge is -2.26. The second kappa shape index (κ2) is 7.66. The van der Waals surface area contributed by atoms with Gasteiger partial charge in [0.2, 0.25) is 0 Å². The quantitative estimate of drug-likeness (QED) is 0.529. The molecule has 0 aliphatic heterocycles. The molecule has 124 valence electrons. The summed E-state index contributed by atoms with van der Waals surface area (Å²) in [5.41, 5.74) is 4.96. The number of hydrogen-bond acceptors (Lipinski definition) is 2. The van der Waals surface area contributed by atoms with Crippen molar-refractivity contribution in [2.75, 3.05) is 7.11 Å². The summed E-state index contributed by atoms with van der Waals surface area (Å²) in [6.45, 7) is 0. The Bertz CT molecular complexity index is 761. The van der Waals surface area contributed by atoms with Crippen molar-refractivity contribution >= 4 is 49.0 Å². The molecule has 0 saturated carbocycles. The molecule has 3 rings (SSSR count). The van der Waals surface area contributed by atoms with Gasteiger partial charge in [0.05, 0.1) is 13.0 Å². The van der Waals surface area contributed by atoms with Crippen LogP contribution >= 0.6 is 31.9 Å². The molecule has 0 aromatic heterocycles. The second-order valence-corrected chi connectivity index (χ2v) is 7.77. The van der Waals surface area contributed by atoms with E-state index in [1.165, 1.54) is 29.4 Å². The van der Waals surface area contributed by atoms with Crippen LogP contribution in [0.1, 0.15) is 30.4 Å². The van der Waals surface area contributed by atoms with Crippen molar-refractivity contribution in [3.8, 4) is 0 Å². The van der Waals surface area contributed by atoms with Gasteiger partial charge < -0.3 is 4.74 Å². The van der Waals surface area contributed by atoms with Crippen LogP contribution in [0.5, 0.6) is 0 Å². The second-order valence-electron chi connectivity index (χ2n) is 5.93. The molecular formula is C20H18Br2O2. The Morgan fingerprint density at radius 3 is 1.92 bits per heavy atom. The minimum absolute atomic E-state index is 0.0622. The van der Waals surface area contributed by atoms with Crippen LogP contribution in [0.25, 0.3) is 11.1 Å². The average molecular weight is 450 g/mol. The Morgan fingerprint density at radius 2 is 1.42 bits per heavy atom. The molecule has 0 amide bonds. The number of carbonyl (C=O) groups excluding carboxylic acids is 1. The van der Waals surface area contributed by atoms with Crippen LogP contribution in [0.2, 0.25) is 0 Å². The van der Waals surface area contributed by atoms with Gasteiger partial charge in [0.25, 0.3) is 0 Å². The third kappa shape index (κ3) is 3.81. The van der Waals surface area contributed by atoms with E-state index in [2.05, 4.69) is 68.3 Å². The van der Waals surface area contributed by atoms with Gasteiger partial charge >= 0.3 is 5.97 Å². The van der Waals surface area contributed by atoms with Gasteiger partial charge in [-0.25, -0.2) is 0 Å². The lowest BCUT2D eigenvalue weighted by molar-refractivity contribution is -0.145. The van der Waals surface area contributed by atoms with Gasteiger partial charge in [0.15, 0.2) is 0 Å². The van der Waals surface area contributed by atoms with E-state index >= 15 is 0 Å². The SMILES string of the molecule is COC(=O)C1CCC(c2ccc(Br)cc2)=C(c2ccc(Br)cc2)C1. The van der Waals surface area contributed by atoms with Gasteiger partial charge in [0.1, 0.15) is 0 Å². The molecule has 1 unspecified atom stereocenters. The molecule has 24 heavy (non-hydrogen) atoms. The van der Waals surface area contributed by atoms with Crippen LogP contribution in [-0.4, -0.2) is 13.1 Å². The maximum Gasteiger partial charge on any atom is 0.309 e. The standard InChI is InChI=1S/C20H18Br2O2/c1-24-20(23)15-6-11-18(13-2-7-16(21)8-3-13)19(12-15)14-4-9-17(22)10-5-14/h2-5,7-10,15H,6,11-12H2,1H3. The highest BCUT2D eigenvalue weighted by Gasteiger charge is 2.28. The number of benzene rings is 2. The van der Waals surface area contributed by atoms with Crippen LogP contribution in [0.4, 0.5) is 0 Å². The van der Waals surface area contributed by atoms with Gasteiger partial charge in [-0.1, -0.05) is 56.1 Å². The van der Waals surface area contributed by atoms with Gasteiger partial charge in [-0.3, -0.25) is 4.79 Å². The van der Waals surface area contributed by atoms with Gasteiger partial charge in [-0.05, 0) is 65.8 Å². The molecule has 0 N–H and O–H groups in total. The molecule has 0 saturated heterocycles. The summed E-state index contributed by atoms with van der Waals surface area (Å²) in [5, 5.41) is 0. The maximum absolute atomic E-state index is 12.0. The van der Waals surface area contributed by atoms with E-state index in [1.54, 1.807) is 0 Å². The van der Waals surface area contributed by atoms with Gasteiger partial charge in [0, 0.05) is 8.95 Å². The smallest absolute Gasteiger partial charge is 0.309 e. The molecule has 1 aliphatic rings. The summed E-state index contributed by atoms with van der Waals surface area (Å²) >= 11 is 6.98. The van der Waals surface area contributed by atoms with E-state index in [1.807, 2.05) is 12.1 Å². The summed E-state index contributed by atoms with van der Waals surface area (Å²) < 4.78 is 7.10. The minimum Gasteiger partial charge on any atom is -0.469 e. The molecule has 1 atom stereocenters. The lowest BCUT2D eigenvalue weighted by atomic mass is 9.78. The van der Waals surface area contributed by atoms with Crippen LogP contribution in [-0.2, 0) is 9.53 Å². The molecule has 0 fully saturated rings. The number of rotatable bonds is 3. The number of halogens is 2. The summed E-state index contributed by atoms with van der Waals surface area (Å²) in [6.07, 6.45) is 2.44. The van der Waals surface area contributed by atoms with Crippen molar-refractivity contribution in [1.29, 1.82) is 0 Å². The Labute approximate surface area is 159 Å². The highest BCUT2D eigenvalue weighted by molar-refractivity contribution is 9.10. The maximum atomic E-state index is 12.0. The number of hydrogen-bond donors (Lipinski definition) is 0. The molecule has 2 aromatic carbocycles. The Kier molecular flexibility index (Phi) is 5.57. The molecule has 0 heterocycles. The Balaban J connectivity index is 2.05. The van der Waals surface area contributed by atoms with E-state index in [-0.39, 0.29) is 11.9 Å². The number of methoxy groups -OCH3 is 1. The average Bonchev–Trinajstić information content (AvgIpc) is 2.62. The fourth-order valence-corrected chi connectivity index (χ4v) is 3.75. The zero-order chi connectivity index (χ0) is 17.1. The van der Waals surface area contributed by atoms with E-state index in [0.717, 1.165) is 28.2 Å². The molecule has 1 aliphatic carbocycles. The number of esters is 1.